The van der Waals surface area contributed by atoms with Crippen molar-refractivity contribution in [2.45, 2.75) is 6.92 Å². The minimum atomic E-state index is 0.292. The maximum Gasteiger partial charge on any atom is 0.162 e. The van der Waals surface area contributed by atoms with Gasteiger partial charge in [-0.2, -0.15) is 5.26 Å². The van der Waals surface area contributed by atoms with Crippen LogP contribution >= 0.6 is 0 Å². The van der Waals surface area contributed by atoms with Gasteiger partial charge in [-0.15, -0.1) is 0 Å². The van der Waals surface area contributed by atoms with Crippen LogP contribution in [0.3, 0.4) is 0 Å². The molecule has 0 saturated carbocycles. The molecule has 0 amide bonds. The van der Waals surface area contributed by atoms with Gasteiger partial charge >= 0.3 is 0 Å². The second-order valence-corrected chi connectivity index (χ2v) is 3.63. The van der Waals surface area contributed by atoms with Crippen molar-refractivity contribution >= 4 is 0 Å². The summed E-state index contributed by atoms with van der Waals surface area (Å²) in [6.45, 7) is 3.13. The Morgan fingerprint density at radius 2 is 2.19 bits per heavy atom. The molecule has 0 aliphatic heterocycles. The highest BCUT2D eigenvalue weighted by Gasteiger charge is 2.07. The van der Waals surface area contributed by atoms with Gasteiger partial charge in [0, 0.05) is 12.0 Å². The molecule has 0 aliphatic rings. The average Bonchev–Trinajstić information content (AvgIpc) is 2.35. The number of nitrogens with zero attached hydrogens (tertiary/aromatic N) is 1. The van der Waals surface area contributed by atoms with E-state index in [1.54, 1.807) is 25.3 Å². The zero-order chi connectivity index (χ0) is 12.0. The molecule has 2 N–H and O–H groups in total. The van der Waals surface area contributed by atoms with Crippen LogP contribution in [0, 0.1) is 17.2 Å². The van der Waals surface area contributed by atoms with E-state index in [0.717, 1.165) is 0 Å². The lowest BCUT2D eigenvalue weighted by Gasteiger charge is -2.13. The summed E-state index contributed by atoms with van der Waals surface area (Å²) in [5.74, 6) is 1.51. The summed E-state index contributed by atoms with van der Waals surface area (Å²) in [4.78, 5) is 0. The first-order valence-corrected chi connectivity index (χ1v) is 5.12. The molecule has 0 heterocycles. The monoisotopic (exact) mass is 220 g/mol. The van der Waals surface area contributed by atoms with Crippen LogP contribution in [0.2, 0.25) is 0 Å². The number of rotatable bonds is 5. The van der Waals surface area contributed by atoms with Gasteiger partial charge in [0.2, 0.25) is 0 Å². The molecule has 16 heavy (non-hydrogen) atoms. The Bertz CT molecular complexity index is 385. The molecular weight excluding hydrogens is 204 g/mol. The molecule has 0 fully saturated rings. The van der Waals surface area contributed by atoms with Crippen LogP contribution in [0.5, 0.6) is 11.5 Å². The third-order valence-electron chi connectivity index (χ3n) is 2.22. The van der Waals surface area contributed by atoms with Gasteiger partial charge in [-0.05, 0) is 18.7 Å². The van der Waals surface area contributed by atoms with Crippen molar-refractivity contribution in [1.82, 2.24) is 0 Å². The molecule has 1 atom stereocenters. The molecule has 1 rings (SSSR count). The fourth-order valence-corrected chi connectivity index (χ4v) is 1.16. The molecule has 0 bridgehead atoms. The summed E-state index contributed by atoms with van der Waals surface area (Å²) in [6.07, 6.45) is 0. The topological polar surface area (TPSA) is 68.3 Å². The van der Waals surface area contributed by atoms with Gasteiger partial charge in [-0.1, -0.05) is 6.92 Å². The first-order valence-electron chi connectivity index (χ1n) is 5.12. The molecule has 0 aliphatic carbocycles. The fourth-order valence-electron chi connectivity index (χ4n) is 1.16. The third-order valence-corrected chi connectivity index (χ3v) is 2.22. The number of nitrogens with two attached hydrogens (primary N) is 1. The Balaban J connectivity index is 2.76. The van der Waals surface area contributed by atoms with Crippen LogP contribution in [0.25, 0.3) is 0 Å². The summed E-state index contributed by atoms with van der Waals surface area (Å²) in [5.41, 5.74) is 6.05. The summed E-state index contributed by atoms with van der Waals surface area (Å²) < 4.78 is 10.7. The summed E-state index contributed by atoms with van der Waals surface area (Å²) >= 11 is 0. The maximum absolute atomic E-state index is 8.74. The molecule has 0 saturated heterocycles. The highest BCUT2D eigenvalue weighted by molar-refractivity contribution is 5.46. The number of nitriles is 1. The van der Waals surface area contributed by atoms with Gasteiger partial charge in [0.15, 0.2) is 11.5 Å². The molecular formula is C12H16N2O2. The van der Waals surface area contributed by atoms with Crippen molar-refractivity contribution in [3.8, 4) is 17.6 Å². The van der Waals surface area contributed by atoms with Gasteiger partial charge in [0.05, 0.1) is 25.3 Å². The lowest BCUT2D eigenvalue weighted by molar-refractivity contribution is 0.251. The zero-order valence-corrected chi connectivity index (χ0v) is 9.56. The summed E-state index contributed by atoms with van der Waals surface area (Å²) in [6, 6.07) is 7.14. The first kappa shape index (κ1) is 12.3. The highest BCUT2D eigenvalue weighted by atomic mass is 16.5. The van der Waals surface area contributed by atoms with E-state index in [2.05, 4.69) is 0 Å². The van der Waals surface area contributed by atoms with Gasteiger partial charge in [0.1, 0.15) is 0 Å². The SMILES string of the molecule is COc1cc(C#N)ccc1OCC(C)CN. The summed E-state index contributed by atoms with van der Waals surface area (Å²) in [5, 5.41) is 8.74. The van der Waals surface area contributed by atoms with E-state index < -0.39 is 0 Å². The zero-order valence-electron chi connectivity index (χ0n) is 9.56. The third kappa shape index (κ3) is 3.14. The van der Waals surface area contributed by atoms with E-state index >= 15 is 0 Å². The number of benzene rings is 1. The van der Waals surface area contributed by atoms with Gasteiger partial charge in [-0.25, -0.2) is 0 Å². The Kier molecular flexibility index (Phi) is 4.62. The second-order valence-electron chi connectivity index (χ2n) is 3.63. The van der Waals surface area contributed by atoms with Crippen LogP contribution in [0.15, 0.2) is 18.2 Å². The quantitative estimate of drug-likeness (QED) is 0.817. The average molecular weight is 220 g/mol. The van der Waals surface area contributed by atoms with Crippen LogP contribution in [0.4, 0.5) is 0 Å². The van der Waals surface area contributed by atoms with Crippen LogP contribution in [0.1, 0.15) is 12.5 Å². The van der Waals surface area contributed by atoms with Crippen molar-refractivity contribution in [2.24, 2.45) is 11.7 Å². The molecule has 0 aromatic heterocycles. The van der Waals surface area contributed by atoms with E-state index in [1.165, 1.54) is 0 Å². The number of hydrogen-bond donors (Lipinski definition) is 1. The standard InChI is InChI=1S/C12H16N2O2/c1-9(6-13)8-16-11-4-3-10(7-14)5-12(11)15-2/h3-5,9H,6,8,13H2,1-2H3. The Hall–Kier alpha value is -1.73. The van der Waals surface area contributed by atoms with E-state index in [0.29, 0.717) is 36.1 Å². The van der Waals surface area contributed by atoms with E-state index in [9.17, 15) is 0 Å². The largest absolute Gasteiger partial charge is 0.493 e. The minimum Gasteiger partial charge on any atom is -0.493 e. The second kappa shape index (κ2) is 5.99. The van der Waals surface area contributed by atoms with Crippen molar-refractivity contribution in [3.05, 3.63) is 23.8 Å². The van der Waals surface area contributed by atoms with Gasteiger partial charge < -0.3 is 15.2 Å². The number of methoxy groups -OCH3 is 1. The molecule has 0 spiro atoms. The van der Waals surface area contributed by atoms with Crippen LogP contribution < -0.4 is 15.2 Å². The number of ether oxygens (including phenoxy) is 2. The van der Waals surface area contributed by atoms with Crippen molar-refractivity contribution in [2.75, 3.05) is 20.3 Å². The maximum atomic E-state index is 8.74. The molecule has 4 heteroatoms. The summed E-state index contributed by atoms with van der Waals surface area (Å²) in [7, 11) is 1.55. The molecule has 1 unspecified atom stereocenters. The van der Waals surface area contributed by atoms with E-state index in [-0.39, 0.29) is 0 Å². The normalized spacial score (nSPS) is 11.6. The smallest absolute Gasteiger partial charge is 0.162 e. The van der Waals surface area contributed by atoms with Crippen molar-refractivity contribution in [1.29, 1.82) is 5.26 Å². The predicted octanol–water partition coefficient (Wildman–Crippen LogP) is 1.54. The lowest BCUT2D eigenvalue weighted by Crippen LogP contribution is -2.18. The van der Waals surface area contributed by atoms with Crippen molar-refractivity contribution in [3.63, 3.8) is 0 Å². The fraction of sp³-hybridized carbons (Fsp3) is 0.417. The minimum absolute atomic E-state index is 0.292. The Morgan fingerprint density at radius 3 is 2.75 bits per heavy atom. The van der Waals surface area contributed by atoms with Crippen LogP contribution in [-0.4, -0.2) is 20.3 Å². The molecule has 1 aromatic rings. The Morgan fingerprint density at radius 1 is 1.44 bits per heavy atom. The Labute approximate surface area is 95.6 Å². The number of hydrogen-bond acceptors (Lipinski definition) is 4. The molecule has 86 valence electrons. The first-order chi connectivity index (χ1) is 7.71. The van der Waals surface area contributed by atoms with Crippen molar-refractivity contribution < 1.29 is 9.47 Å². The van der Waals surface area contributed by atoms with Crippen LogP contribution in [-0.2, 0) is 0 Å². The van der Waals surface area contributed by atoms with E-state index in [4.69, 9.17) is 20.5 Å². The molecule has 1 aromatic carbocycles. The van der Waals surface area contributed by atoms with Gasteiger partial charge in [-0.3, -0.25) is 0 Å². The predicted molar refractivity (Wildman–Crippen MR) is 61.4 cm³/mol. The highest BCUT2D eigenvalue weighted by Crippen LogP contribution is 2.28. The molecule has 4 nitrogen and oxygen atoms in total. The lowest BCUT2D eigenvalue weighted by atomic mass is 10.2. The molecule has 0 radical (unpaired) electrons. The van der Waals surface area contributed by atoms with Gasteiger partial charge in [0.25, 0.3) is 0 Å². The van der Waals surface area contributed by atoms with E-state index in [1.807, 2.05) is 13.0 Å².